The quantitative estimate of drug-likeness (QED) is 0.539. The van der Waals surface area contributed by atoms with E-state index >= 15 is 0 Å². The van der Waals surface area contributed by atoms with Crippen LogP contribution in [0.5, 0.6) is 11.5 Å². The molecular weight excluding hydrogens is 398 g/mol. The third kappa shape index (κ3) is 4.15. The molecule has 1 fully saturated rings. The summed E-state index contributed by atoms with van der Waals surface area (Å²) >= 11 is 0. The highest BCUT2D eigenvalue weighted by atomic mass is 16.6. The molecule has 8 nitrogen and oxygen atoms in total. The minimum atomic E-state index is -0.346. The summed E-state index contributed by atoms with van der Waals surface area (Å²) in [4.78, 5) is 28.1. The van der Waals surface area contributed by atoms with E-state index in [9.17, 15) is 14.9 Å². The molecule has 164 valence electrons. The molecule has 1 amide bonds. The number of piperidine rings is 1. The number of benzene rings is 2. The number of carbonyl (C=O) groups is 1. The summed E-state index contributed by atoms with van der Waals surface area (Å²) in [6.07, 6.45) is 2.18. The fourth-order valence-corrected chi connectivity index (χ4v) is 4.58. The molecule has 0 N–H and O–H groups in total. The Morgan fingerprint density at radius 2 is 1.68 bits per heavy atom. The van der Waals surface area contributed by atoms with E-state index < -0.39 is 0 Å². The molecule has 0 radical (unpaired) electrons. The lowest BCUT2D eigenvalue weighted by Gasteiger charge is -2.37. The number of nitro benzene ring substituents is 1. The van der Waals surface area contributed by atoms with Gasteiger partial charge in [0.2, 0.25) is 5.91 Å². The predicted octanol–water partition coefficient (Wildman–Crippen LogP) is 3.41. The Kier molecular flexibility index (Phi) is 5.97. The third-order valence-corrected chi connectivity index (χ3v) is 6.29. The van der Waals surface area contributed by atoms with E-state index in [-0.39, 0.29) is 22.4 Å². The number of anilines is 1. The molecule has 0 unspecified atom stereocenters. The van der Waals surface area contributed by atoms with Crippen molar-refractivity contribution in [1.82, 2.24) is 4.90 Å². The molecule has 0 bridgehead atoms. The van der Waals surface area contributed by atoms with Gasteiger partial charge in [-0.05, 0) is 48.6 Å². The highest BCUT2D eigenvalue weighted by Crippen LogP contribution is 2.35. The Morgan fingerprint density at radius 3 is 2.32 bits per heavy atom. The van der Waals surface area contributed by atoms with Crippen molar-refractivity contribution in [1.29, 1.82) is 0 Å². The minimum Gasteiger partial charge on any atom is -0.493 e. The number of carbonyl (C=O) groups excluding carboxylic acids is 1. The molecule has 0 saturated carbocycles. The Labute approximate surface area is 181 Å². The van der Waals surface area contributed by atoms with E-state index in [1.165, 1.54) is 11.6 Å². The summed E-state index contributed by atoms with van der Waals surface area (Å²) in [6, 6.07) is 10.8. The predicted molar refractivity (Wildman–Crippen MR) is 117 cm³/mol. The maximum atomic E-state index is 13.2. The van der Waals surface area contributed by atoms with Gasteiger partial charge < -0.3 is 19.3 Å². The van der Waals surface area contributed by atoms with Gasteiger partial charge in [-0.15, -0.1) is 0 Å². The van der Waals surface area contributed by atoms with Crippen LogP contribution in [0, 0.1) is 16.0 Å². The minimum absolute atomic E-state index is 0.0549. The van der Waals surface area contributed by atoms with Crippen LogP contribution in [0.15, 0.2) is 36.4 Å². The van der Waals surface area contributed by atoms with Crippen molar-refractivity contribution in [2.45, 2.75) is 25.8 Å². The van der Waals surface area contributed by atoms with Gasteiger partial charge in [-0.2, -0.15) is 0 Å². The first-order valence-electron chi connectivity index (χ1n) is 10.5. The first-order chi connectivity index (χ1) is 15.0. The number of hydrogen-bond donors (Lipinski definition) is 0. The molecule has 4 rings (SSSR count). The smallest absolute Gasteiger partial charge is 0.292 e. The van der Waals surface area contributed by atoms with Gasteiger partial charge in [-0.3, -0.25) is 14.9 Å². The molecule has 0 spiro atoms. The molecule has 8 heteroatoms. The van der Waals surface area contributed by atoms with Crippen molar-refractivity contribution >= 4 is 17.3 Å². The molecule has 2 aliphatic heterocycles. The van der Waals surface area contributed by atoms with Crippen LogP contribution in [0.4, 0.5) is 11.4 Å². The monoisotopic (exact) mass is 425 g/mol. The molecule has 0 aromatic heterocycles. The largest absolute Gasteiger partial charge is 0.493 e. The van der Waals surface area contributed by atoms with Crippen molar-refractivity contribution in [3.8, 4) is 11.5 Å². The van der Waals surface area contributed by atoms with Gasteiger partial charge in [0.1, 0.15) is 5.69 Å². The van der Waals surface area contributed by atoms with E-state index in [1.54, 1.807) is 26.4 Å². The third-order valence-electron chi connectivity index (χ3n) is 6.29. The standard InChI is InChI=1S/C23H27N3O5/c1-30-21-13-17-9-12-25(15-18(17)14-22(21)31-2)23(27)16-7-10-24(11-8-16)19-5-3-4-6-20(19)26(28)29/h3-6,13-14,16H,7-12,15H2,1-2H3. The van der Waals surface area contributed by atoms with Crippen molar-refractivity contribution in [2.75, 3.05) is 38.8 Å². The molecule has 0 aliphatic carbocycles. The van der Waals surface area contributed by atoms with Gasteiger partial charge in [-0.25, -0.2) is 0 Å². The van der Waals surface area contributed by atoms with Crippen LogP contribution in [-0.2, 0) is 17.8 Å². The van der Waals surface area contributed by atoms with Crippen molar-refractivity contribution in [2.24, 2.45) is 5.92 Å². The van der Waals surface area contributed by atoms with Crippen LogP contribution in [0.25, 0.3) is 0 Å². The Balaban J connectivity index is 1.41. The summed E-state index contributed by atoms with van der Waals surface area (Å²) in [5, 5.41) is 11.3. The Bertz CT molecular complexity index is 985. The summed E-state index contributed by atoms with van der Waals surface area (Å²) in [5.74, 6) is 1.50. The SMILES string of the molecule is COc1cc2c(cc1OC)CN(C(=O)C1CCN(c3ccccc3[N+](=O)[O-])CC1)CC2. The van der Waals surface area contributed by atoms with Crippen LogP contribution >= 0.6 is 0 Å². The molecule has 2 aliphatic rings. The topological polar surface area (TPSA) is 85.2 Å². The summed E-state index contributed by atoms with van der Waals surface area (Å²) < 4.78 is 10.8. The zero-order chi connectivity index (χ0) is 22.0. The van der Waals surface area contributed by atoms with Gasteiger partial charge in [0.05, 0.1) is 19.1 Å². The van der Waals surface area contributed by atoms with Crippen molar-refractivity contribution in [3.05, 3.63) is 57.6 Å². The van der Waals surface area contributed by atoms with Crippen molar-refractivity contribution < 1.29 is 19.2 Å². The first kappa shape index (κ1) is 21.0. The molecule has 2 aromatic carbocycles. The van der Waals surface area contributed by atoms with Gasteiger partial charge in [0, 0.05) is 38.2 Å². The van der Waals surface area contributed by atoms with Crippen LogP contribution in [0.2, 0.25) is 0 Å². The van der Waals surface area contributed by atoms with Gasteiger partial charge in [0.25, 0.3) is 5.69 Å². The number of fused-ring (bicyclic) bond motifs is 1. The number of methoxy groups -OCH3 is 2. The second-order valence-corrected chi connectivity index (χ2v) is 7.99. The van der Waals surface area contributed by atoms with E-state index in [1.807, 2.05) is 28.0 Å². The maximum Gasteiger partial charge on any atom is 0.292 e. The van der Waals surface area contributed by atoms with Crippen LogP contribution in [0.1, 0.15) is 24.0 Å². The van der Waals surface area contributed by atoms with Gasteiger partial charge >= 0.3 is 0 Å². The molecular formula is C23H27N3O5. The molecule has 31 heavy (non-hydrogen) atoms. The van der Waals surface area contributed by atoms with E-state index in [0.717, 1.165) is 12.0 Å². The van der Waals surface area contributed by atoms with E-state index in [4.69, 9.17) is 9.47 Å². The number of hydrogen-bond acceptors (Lipinski definition) is 6. The summed E-state index contributed by atoms with van der Waals surface area (Å²) in [6.45, 7) is 2.53. The van der Waals surface area contributed by atoms with E-state index in [2.05, 4.69) is 0 Å². The van der Waals surface area contributed by atoms with Gasteiger partial charge in [-0.1, -0.05) is 12.1 Å². The number of amides is 1. The zero-order valence-corrected chi connectivity index (χ0v) is 17.9. The highest BCUT2D eigenvalue weighted by Gasteiger charge is 2.32. The maximum absolute atomic E-state index is 13.2. The van der Waals surface area contributed by atoms with Crippen molar-refractivity contribution in [3.63, 3.8) is 0 Å². The second-order valence-electron chi connectivity index (χ2n) is 7.99. The number of ether oxygens (including phenoxy) is 2. The second kappa shape index (κ2) is 8.83. The fourth-order valence-electron chi connectivity index (χ4n) is 4.58. The Hall–Kier alpha value is -3.29. The first-order valence-corrected chi connectivity index (χ1v) is 10.5. The summed E-state index contributed by atoms with van der Waals surface area (Å²) in [5.41, 5.74) is 3.03. The average molecular weight is 425 g/mol. The number of nitro groups is 1. The lowest BCUT2D eigenvalue weighted by atomic mass is 9.92. The highest BCUT2D eigenvalue weighted by molar-refractivity contribution is 5.80. The fraction of sp³-hybridized carbons (Fsp3) is 0.435. The lowest BCUT2D eigenvalue weighted by molar-refractivity contribution is -0.384. The van der Waals surface area contributed by atoms with Gasteiger partial charge in [0.15, 0.2) is 11.5 Å². The molecule has 2 heterocycles. The number of rotatable bonds is 5. The number of para-hydroxylation sites is 2. The van der Waals surface area contributed by atoms with Crippen LogP contribution in [0.3, 0.4) is 0 Å². The zero-order valence-electron chi connectivity index (χ0n) is 17.9. The molecule has 2 aromatic rings. The molecule has 0 atom stereocenters. The summed E-state index contributed by atoms with van der Waals surface area (Å²) in [7, 11) is 3.24. The van der Waals surface area contributed by atoms with Crippen LogP contribution < -0.4 is 14.4 Å². The number of nitrogens with zero attached hydrogens (tertiary/aromatic N) is 3. The average Bonchev–Trinajstić information content (AvgIpc) is 2.82. The normalized spacial score (nSPS) is 16.6. The lowest BCUT2D eigenvalue weighted by Crippen LogP contribution is -2.44. The van der Waals surface area contributed by atoms with Crippen LogP contribution in [-0.4, -0.2) is 49.6 Å². The van der Waals surface area contributed by atoms with E-state index in [0.29, 0.717) is 56.2 Å². The molecule has 1 saturated heterocycles. The Morgan fingerprint density at radius 1 is 1.03 bits per heavy atom.